The molecule has 1 fully saturated rings. The van der Waals surface area contributed by atoms with Gasteiger partial charge in [-0.25, -0.2) is 9.59 Å². The van der Waals surface area contributed by atoms with Crippen molar-refractivity contribution in [2.24, 2.45) is 16.7 Å². The zero-order valence-corrected chi connectivity index (χ0v) is 21.0. The molecule has 0 aromatic rings. The minimum Gasteiger partial charge on any atom is -0.480 e. The predicted octanol–water partition coefficient (Wildman–Crippen LogP) is 4.06. The van der Waals surface area contributed by atoms with Gasteiger partial charge in [0.1, 0.15) is 18.2 Å². The summed E-state index contributed by atoms with van der Waals surface area (Å²) in [5, 5.41) is 9.57. The highest BCUT2D eigenvalue weighted by Gasteiger charge is 2.63. The summed E-state index contributed by atoms with van der Waals surface area (Å²) in [6.45, 7) is 9.98. The molecule has 0 spiro atoms. The molecular formula is C27H37NO6. The van der Waals surface area contributed by atoms with E-state index < -0.39 is 35.6 Å². The van der Waals surface area contributed by atoms with Crippen LogP contribution in [0.15, 0.2) is 47.6 Å². The number of hydrogen-bond donors (Lipinski definition) is 1. The van der Waals surface area contributed by atoms with Crippen LogP contribution in [-0.2, 0) is 23.9 Å². The second-order valence-corrected chi connectivity index (χ2v) is 10.4. The van der Waals surface area contributed by atoms with Crippen molar-refractivity contribution < 1.29 is 29.0 Å². The second-order valence-electron chi connectivity index (χ2n) is 10.4. The molecule has 186 valence electrons. The van der Waals surface area contributed by atoms with Gasteiger partial charge in [-0.3, -0.25) is 4.79 Å². The molecule has 0 bridgehead atoms. The number of aliphatic carboxylic acids is 1. The van der Waals surface area contributed by atoms with E-state index in [2.05, 4.69) is 20.8 Å². The summed E-state index contributed by atoms with van der Waals surface area (Å²) in [6.07, 6.45) is 11.8. The SMILES string of the molecule is C/C=C/C=C/C=C/C(=O)O[C@@H]1[C@@H](OC)C2=C(C(=O)N(C(C)C(=O)O)C2)[C@@]2(C)CCCC(C)(C)[C@H]12. The summed E-state index contributed by atoms with van der Waals surface area (Å²) in [5.41, 5.74) is 0.639. The fourth-order valence-electron chi connectivity index (χ4n) is 6.40. The van der Waals surface area contributed by atoms with Gasteiger partial charge in [-0.05, 0) is 37.7 Å². The van der Waals surface area contributed by atoms with Crippen LogP contribution in [0.4, 0.5) is 0 Å². The van der Waals surface area contributed by atoms with Gasteiger partial charge < -0.3 is 19.5 Å². The Morgan fingerprint density at radius 1 is 1.15 bits per heavy atom. The first-order valence-electron chi connectivity index (χ1n) is 12.0. The fraction of sp³-hybridized carbons (Fsp3) is 0.593. The summed E-state index contributed by atoms with van der Waals surface area (Å²) in [4.78, 5) is 39.5. The molecule has 3 rings (SSSR count). The second kappa shape index (κ2) is 9.90. The minimum atomic E-state index is -1.05. The normalized spacial score (nSPS) is 31.9. The Labute approximate surface area is 202 Å². The maximum Gasteiger partial charge on any atom is 0.331 e. The van der Waals surface area contributed by atoms with Crippen LogP contribution in [0.2, 0.25) is 0 Å². The third-order valence-corrected chi connectivity index (χ3v) is 7.81. The van der Waals surface area contributed by atoms with Crippen LogP contribution in [0, 0.1) is 16.7 Å². The fourth-order valence-corrected chi connectivity index (χ4v) is 6.40. The van der Waals surface area contributed by atoms with Gasteiger partial charge in [0.05, 0.1) is 0 Å². The van der Waals surface area contributed by atoms with Gasteiger partial charge in [-0.2, -0.15) is 0 Å². The molecule has 0 radical (unpaired) electrons. The molecule has 0 aromatic heterocycles. The molecule has 7 heteroatoms. The molecule has 1 aliphatic heterocycles. The van der Waals surface area contributed by atoms with E-state index in [1.165, 1.54) is 17.9 Å². The van der Waals surface area contributed by atoms with Crippen LogP contribution in [0.3, 0.4) is 0 Å². The Kier molecular flexibility index (Phi) is 7.56. The number of carboxylic acid groups (broad SMARTS) is 1. The van der Waals surface area contributed by atoms with Gasteiger partial charge in [-0.15, -0.1) is 0 Å². The first-order valence-corrected chi connectivity index (χ1v) is 12.0. The lowest BCUT2D eigenvalue weighted by Crippen LogP contribution is -2.58. The predicted molar refractivity (Wildman–Crippen MR) is 129 cm³/mol. The van der Waals surface area contributed by atoms with Crippen molar-refractivity contribution in [2.75, 3.05) is 13.7 Å². The average Bonchev–Trinajstić information content (AvgIpc) is 3.10. The molecule has 34 heavy (non-hydrogen) atoms. The van der Waals surface area contributed by atoms with E-state index in [0.29, 0.717) is 5.57 Å². The van der Waals surface area contributed by atoms with Gasteiger partial charge in [-0.1, -0.05) is 57.6 Å². The van der Waals surface area contributed by atoms with Crippen molar-refractivity contribution in [3.8, 4) is 0 Å². The number of carboxylic acids is 1. The zero-order chi connectivity index (χ0) is 25.3. The number of fused-ring (bicyclic) bond motifs is 2. The molecular weight excluding hydrogens is 434 g/mol. The number of methoxy groups -OCH3 is 1. The van der Waals surface area contributed by atoms with E-state index >= 15 is 0 Å². The number of rotatable bonds is 7. The van der Waals surface area contributed by atoms with Gasteiger partial charge in [0.2, 0.25) is 0 Å². The minimum absolute atomic E-state index is 0.155. The third kappa shape index (κ3) is 4.50. The summed E-state index contributed by atoms with van der Waals surface area (Å²) in [5.74, 6) is -1.91. The largest absolute Gasteiger partial charge is 0.480 e. The van der Waals surface area contributed by atoms with Gasteiger partial charge in [0.25, 0.3) is 5.91 Å². The highest BCUT2D eigenvalue weighted by atomic mass is 16.6. The highest BCUT2D eigenvalue weighted by molar-refractivity contribution is 6.01. The lowest BCUT2D eigenvalue weighted by Gasteiger charge is -2.57. The van der Waals surface area contributed by atoms with Gasteiger partial charge in [0.15, 0.2) is 0 Å². The molecule has 1 amide bonds. The number of allylic oxidation sites excluding steroid dienone is 5. The molecule has 0 saturated heterocycles. The van der Waals surface area contributed by atoms with Crippen LogP contribution in [-0.4, -0.2) is 59.8 Å². The average molecular weight is 472 g/mol. The van der Waals surface area contributed by atoms with Crippen LogP contribution >= 0.6 is 0 Å². The van der Waals surface area contributed by atoms with Crippen LogP contribution in [0.5, 0.6) is 0 Å². The summed E-state index contributed by atoms with van der Waals surface area (Å²) in [6, 6.07) is -0.956. The van der Waals surface area contributed by atoms with Crippen LogP contribution < -0.4 is 0 Å². The topological polar surface area (TPSA) is 93.1 Å². The van der Waals surface area contributed by atoms with E-state index in [1.807, 2.05) is 25.2 Å². The number of carbonyl (C=O) groups is 3. The lowest BCUT2D eigenvalue weighted by molar-refractivity contribution is -0.173. The first-order chi connectivity index (χ1) is 16.0. The van der Waals surface area contributed by atoms with Gasteiger partial charge in [0, 0.05) is 36.6 Å². The van der Waals surface area contributed by atoms with Crippen molar-refractivity contribution in [2.45, 2.75) is 72.1 Å². The molecule has 1 N–H and O–H groups in total. The summed E-state index contributed by atoms with van der Waals surface area (Å²) >= 11 is 0. The Morgan fingerprint density at radius 2 is 1.82 bits per heavy atom. The Bertz CT molecular complexity index is 958. The Morgan fingerprint density at radius 3 is 2.44 bits per heavy atom. The molecule has 5 atom stereocenters. The molecule has 3 aliphatic rings. The maximum atomic E-state index is 13.6. The molecule has 1 saturated carbocycles. The molecule has 0 aromatic carbocycles. The molecule has 7 nitrogen and oxygen atoms in total. The number of nitrogens with zero attached hydrogens (tertiary/aromatic N) is 1. The van der Waals surface area contributed by atoms with Crippen LogP contribution in [0.25, 0.3) is 0 Å². The van der Waals surface area contributed by atoms with Crippen molar-refractivity contribution >= 4 is 17.8 Å². The monoisotopic (exact) mass is 471 g/mol. The van der Waals surface area contributed by atoms with E-state index in [9.17, 15) is 19.5 Å². The van der Waals surface area contributed by atoms with Crippen molar-refractivity contribution in [1.82, 2.24) is 4.90 Å². The van der Waals surface area contributed by atoms with E-state index in [4.69, 9.17) is 9.47 Å². The van der Waals surface area contributed by atoms with E-state index in [1.54, 1.807) is 19.3 Å². The first kappa shape index (κ1) is 25.9. The van der Waals surface area contributed by atoms with Crippen LogP contribution in [0.1, 0.15) is 53.9 Å². The van der Waals surface area contributed by atoms with Crippen molar-refractivity contribution in [3.05, 3.63) is 47.6 Å². The smallest absolute Gasteiger partial charge is 0.331 e. The summed E-state index contributed by atoms with van der Waals surface area (Å²) < 4.78 is 12.0. The number of carbonyl (C=O) groups excluding carboxylic acids is 2. The lowest BCUT2D eigenvalue weighted by atomic mass is 9.49. The highest BCUT2D eigenvalue weighted by Crippen LogP contribution is 2.62. The number of ether oxygens (including phenoxy) is 2. The zero-order valence-electron chi connectivity index (χ0n) is 21.0. The quantitative estimate of drug-likeness (QED) is 0.342. The van der Waals surface area contributed by atoms with Crippen molar-refractivity contribution in [1.29, 1.82) is 0 Å². The number of esters is 1. The Hall–Kier alpha value is -2.67. The van der Waals surface area contributed by atoms with E-state index in [0.717, 1.165) is 24.8 Å². The third-order valence-electron chi connectivity index (χ3n) is 7.81. The van der Waals surface area contributed by atoms with Crippen molar-refractivity contribution in [3.63, 3.8) is 0 Å². The Balaban J connectivity index is 2.03. The molecule has 1 unspecified atom stereocenters. The summed E-state index contributed by atoms with van der Waals surface area (Å²) in [7, 11) is 1.55. The number of hydrogen-bond acceptors (Lipinski definition) is 5. The number of amides is 1. The van der Waals surface area contributed by atoms with Gasteiger partial charge >= 0.3 is 11.9 Å². The van der Waals surface area contributed by atoms with E-state index in [-0.39, 0.29) is 23.8 Å². The standard InChI is InChI=1S/C27H37NO6/c1-7-8-9-10-11-13-19(29)34-22-21(33-6)18-16-28(17(2)25(31)32)24(30)20(18)27(5)15-12-14-26(3,4)23(22)27/h7-11,13,17,21-23H,12,14-16H2,1-6H3,(H,31,32)/b8-7+,10-9+,13-11+/t17?,21-,22+,23-,27+/m0/s1. The molecule has 1 heterocycles. The maximum absolute atomic E-state index is 13.6. The molecule has 2 aliphatic carbocycles.